The Kier molecular flexibility index (Phi) is 7.14. The van der Waals surface area contributed by atoms with Crippen molar-refractivity contribution < 1.29 is 31.2 Å². The van der Waals surface area contributed by atoms with Gasteiger partial charge >= 0.3 is 0 Å². The first-order chi connectivity index (χ1) is 18.8. The fraction of sp³-hybridized carbons (Fsp3) is 0.292. The van der Waals surface area contributed by atoms with E-state index in [0.29, 0.717) is 22.1 Å². The van der Waals surface area contributed by atoms with Gasteiger partial charge in [0.1, 0.15) is 11.5 Å². The van der Waals surface area contributed by atoms with Gasteiger partial charge in [0, 0.05) is 24.9 Å². The number of amides is 2. The van der Waals surface area contributed by atoms with Gasteiger partial charge in [-0.25, -0.2) is 21.6 Å². The molecular formula is C24H21ClF3N7O4S. The van der Waals surface area contributed by atoms with Crippen LogP contribution < -0.4 is 15.5 Å². The zero-order valence-corrected chi connectivity index (χ0v) is 22.3. The molecule has 3 aromatic rings. The van der Waals surface area contributed by atoms with Gasteiger partial charge in [0.25, 0.3) is 11.8 Å². The number of sulfone groups is 1. The molecule has 1 aromatic heterocycles. The van der Waals surface area contributed by atoms with Crippen LogP contribution in [0.3, 0.4) is 0 Å². The second kappa shape index (κ2) is 10.3. The number of carbonyl (C=O) groups is 2. The van der Waals surface area contributed by atoms with Crippen LogP contribution in [0, 0.1) is 5.82 Å². The Bertz CT molecular complexity index is 1640. The lowest BCUT2D eigenvalue weighted by Crippen LogP contribution is -2.45. The van der Waals surface area contributed by atoms with Crippen LogP contribution in [0.2, 0.25) is 5.02 Å². The SMILES string of the molecule is CC(=O)NC1=CS(=O)(=O)c2cc(F)c(-c3nnn(C4CNCC(F)(F)C4)n3)cc2N(Cc2ccc(Cl)cc2)C1=O. The molecule has 0 aliphatic carbocycles. The summed E-state index contributed by atoms with van der Waals surface area (Å²) in [6.45, 7) is 0.568. The highest BCUT2D eigenvalue weighted by Crippen LogP contribution is 2.37. The first-order valence-corrected chi connectivity index (χ1v) is 13.8. The molecule has 2 aliphatic rings. The fourth-order valence-corrected chi connectivity index (χ4v) is 5.89. The van der Waals surface area contributed by atoms with E-state index in [4.69, 9.17) is 11.6 Å². The lowest BCUT2D eigenvalue weighted by atomic mass is 10.1. The molecule has 3 heterocycles. The number of fused-ring (bicyclic) bond motifs is 1. The van der Waals surface area contributed by atoms with Crippen LogP contribution in [0.4, 0.5) is 18.9 Å². The number of rotatable bonds is 5. The maximum absolute atomic E-state index is 15.4. The Morgan fingerprint density at radius 2 is 1.98 bits per heavy atom. The van der Waals surface area contributed by atoms with Crippen LogP contribution in [-0.4, -0.2) is 59.5 Å². The van der Waals surface area contributed by atoms with E-state index < -0.39 is 63.0 Å². The zero-order chi connectivity index (χ0) is 28.8. The molecule has 1 fully saturated rings. The average molecular weight is 596 g/mol. The van der Waals surface area contributed by atoms with Crippen molar-refractivity contribution in [3.05, 3.63) is 63.9 Å². The van der Waals surface area contributed by atoms with Gasteiger partial charge in [0.15, 0.2) is 0 Å². The molecule has 1 atom stereocenters. The van der Waals surface area contributed by atoms with Crippen molar-refractivity contribution in [2.24, 2.45) is 0 Å². The van der Waals surface area contributed by atoms with Crippen LogP contribution in [0.15, 0.2) is 52.4 Å². The quantitative estimate of drug-likeness (QED) is 0.459. The number of halogens is 4. The third-order valence-electron chi connectivity index (χ3n) is 6.25. The summed E-state index contributed by atoms with van der Waals surface area (Å²) in [7, 11) is -4.44. The predicted octanol–water partition coefficient (Wildman–Crippen LogP) is 2.60. The normalized spacial score (nSPS) is 19.9. The third kappa shape index (κ3) is 5.57. The molecule has 40 heavy (non-hydrogen) atoms. The summed E-state index contributed by atoms with van der Waals surface area (Å²) in [5.41, 5.74) is -0.511. The summed E-state index contributed by atoms with van der Waals surface area (Å²) in [5, 5.41) is 17.5. The molecule has 0 saturated carbocycles. The molecule has 16 heteroatoms. The smallest absolute Gasteiger partial charge is 0.275 e. The summed E-state index contributed by atoms with van der Waals surface area (Å²) in [6, 6.07) is 7.31. The van der Waals surface area contributed by atoms with E-state index >= 15 is 4.39 Å². The van der Waals surface area contributed by atoms with E-state index in [2.05, 4.69) is 26.0 Å². The minimum Gasteiger partial charge on any atom is -0.321 e. The van der Waals surface area contributed by atoms with E-state index in [0.717, 1.165) is 22.7 Å². The van der Waals surface area contributed by atoms with Gasteiger partial charge in [0.2, 0.25) is 21.6 Å². The first-order valence-electron chi connectivity index (χ1n) is 11.9. The minimum atomic E-state index is -4.44. The van der Waals surface area contributed by atoms with Crippen LogP contribution in [0.5, 0.6) is 0 Å². The number of aromatic nitrogens is 4. The number of piperidine rings is 1. The number of hydrogen-bond donors (Lipinski definition) is 2. The number of benzene rings is 2. The molecule has 2 aromatic carbocycles. The molecular weight excluding hydrogens is 575 g/mol. The molecule has 2 amide bonds. The van der Waals surface area contributed by atoms with Gasteiger partial charge in [0.05, 0.1) is 40.7 Å². The molecule has 0 radical (unpaired) electrons. The van der Waals surface area contributed by atoms with Gasteiger partial charge in [-0.15, -0.1) is 10.2 Å². The van der Waals surface area contributed by atoms with Gasteiger partial charge in [-0.05, 0) is 35.0 Å². The van der Waals surface area contributed by atoms with Crippen LogP contribution in [0.25, 0.3) is 11.4 Å². The Balaban J connectivity index is 1.61. The van der Waals surface area contributed by atoms with Crippen molar-refractivity contribution in [3.8, 4) is 11.4 Å². The maximum atomic E-state index is 15.4. The molecule has 1 saturated heterocycles. The van der Waals surface area contributed by atoms with Gasteiger partial charge in [-0.1, -0.05) is 23.7 Å². The van der Waals surface area contributed by atoms with E-state index in [1.54, 1.807) is 24.3 Å². The van der Waals surface area contributed by atoms with Crippen molar-refractivity contribution in [2.45, 2.75) is 36.7 Å². The summed E-state index contributed by atoms with van der Waals surface area (Å²) < 4.78 is 69.6. The standard InChI is InChI=1S/C24H21ClF3N7O4S/c1-13(36)30-19-11-40(38,39)21-7-18(26)17(22-31-33-35(32-22)16-8-24(27,28)12-29-9-16)6-20(21)34(23(19)37)10-14-2-4-15(25)5-3-14/h2-7,11,16,29H,8-10,12H2,1H3,(H,30,36). The molecule has 0 spiro atoms. The predicted molar refractivity (Wildman–Crippen MR) is 136 cm³/mol. The minimum absolute atomic E-state index is 0.136. The number of alkyl halides is 2. The molecule has 5 rings (SSSR count). The highest BCUT2D eigenvalue weighted by molar-refractivity contribution is 7.94. The van der Waals surface area contributed by atoms with Crippen LogP contribution in [0.1, 0.15) is 24.9 Å². The van der Waals surface area contributed by atoms with Gasteiger partial charge < -0.3 is 15.5 Å². The van der Waals surface area contributed by atoms with Crippen molar-refractivity contribution in [1.29, 1.82) is 0 Å². The molecule has 2 aliphatic heterocycles. The average Bonchev–Trinajstić information content (AvgIpc) is 3.34. The van der Waals surface area contributed by atoms with Crippen molar-refractivity contribution >= 4 is 38.9 Å². The van der Waals surface area contributed by atoms with E-state index in [1.807, 2.05) is 0 Å². The van der Waals surface area contributed by atoms with E-state index in [9.17, 15) is 26.8 Å². The Morgan fingerprint density at radius 1 is 1.25 bits per heavy atom. The van der Waals surface area contributed by atoms with Crippen LogP contribution >= 0.6 is 11.6 Å². The molecule has 2 N–H and O–H groups in total. The maximum Gasteiger partial charge on any atom is 0.275 e. The van der Waals surface area contributed by atoms with Gasteiger partial charge in [-0.3, -0.25) is 9.59 Å². The lowest BCUT2D eigenvalue weighted by Gasteiger charge is -2.28. The molecule has 210 valence electrons. The number of nitrogens with zero attached hydrogens (tertiary/aromatic N) is 5. The number of nitrogens with one attached hydrogen (secondary N) is 2. The van der Waals surface area contributed by atoms with Crippen molar-refractivity contribution in [2.75, 3.05) is 18.0 Å². The summed E-state index contributed by atoms with van der Waals surface area (Å²) >= 11 is 5.96. The highest BCUT2D eigenvalue weighted by Gasteiger charge is 2.39. The summed E-state index contributed by atoms with van der Waals surface area (Å²) in [6.07, 6.45) is -0.554. The highest BCUT2D eigenvalue weighted by atomic mass is 35.5. The van der Waals surface area contributed by atoms with Crippen molar-refractivity contribution in [1.82, 2.24) is 30.8 Å². The number of tetrazole rings is 1. The first kappa shape index (κ1) is 27.7. The van der Waals surface area contributed by atoms with Crippen molar-refractivity contribution in [3.63, 3.8) is 0 Å². The van der Waals surface area contributed by atoms with Crippen LogP contribution in [-0.2, 0) is 26.0 Å². The number of hydrogen-bond acceptors (Lipinski definition) is 8. The topological polar surface area (TPSA) is 139 Å². The second-order valence-corrected chi connectivity index (χ2v) is 11.6. The van der Waals surface area contributed by atoms with Gasteiger partial charge in [-0.2, -0.15) is 4.80 Å². The van der Waals surface area contributed by atoms with E-state index in [-0.39, 0.29) is 30.2 Å². The monoisotopic (exact) mass is 595 g/mol. The number of carbonyl (C=O) groups excluding carboxylic acids is 2. The largest absolute Gasteiger partial charge is 0.321 e. The summed E-state index contributed by atoms with van der Waals surface area (Å²) in [5.74, 6) is -5.92. The Labute approximate surface area is 230 Å². The molecule has 1 unspecified atom stereocenters. The van der Waals surface area contributed by atoms with E-state index in [1.165, 1.54) is 0 Å². The number of anilines is 1. The second-order valence-electron chi connectivity index (χ2n) is 9.35. The lowest BCUT2D eigenvalue weighted by molar-refractivity contribution is -0.121. The Morgan fingerprint density at radius 3 is 2.65 bits per heavy atom. The zero-order valence-electron chi connectivity index (χ0n) is 20.7. The fourth-order valence-electron chi connectivity index (χ4n) is 4.44. The Hall–Kier alpha value is -3.82. The summed E-state index contributed by atoms with van der Waals surface area (Å²) in [4.78, 5) is 26.8. The third-order valence-corrected chi connectivity index (χ3v) is 7.99. The molecule has 0 bridgehead atoms. The molecule has 11 nitrogen and oxygen atoms in total.